The summed E-state index contributed by atoms with van der Waals surface area (Å²) in [5.74, 6) is 2.87. The zero-order valence-corrected chi connectivity index (χ0v) is 22.9. The highest BCUT2D eigenvalue weighted by Crippen LogP contribution is 2.55. The summed E-state index contributed by atoms with van der Waals surface area (Å²) in [6.07, 6.45) is 3.90. The summed E-state index contributed by atoms with van der Waals surface area (Å²) in [6, 6.07) is 10.9. The first-order valence-corrected chi connectivity index (χ1v) is 13.3. The second kappa shape index (κ2) is 7.33. The molecule has 0 aliphatic carbocycles. The van der Waals surface area contributed by atoms with Crippen LogP contribution in [-0.2, 0) is 19.9 Å². The lowest BCUT2D eigenvalue weighted by Crippen LogP contribution is -2.31. The number of fused-ring (bicyclic) bond motifs is 5. The van der Waals surface area contributed by atoms with Gasteiger partial charge in [0, 0.05) is 38.2 Å². The second-order valence-electron chi connectivity index (χ2n) is 12.6. The highest BCUT2D eigenvalue weighted by atomic mass is 32.1. The van der Waals surface area contributed by atoms with Crippen molar-refractivity contribution in [3.8, 4) is 22.8 Å². The molecule has 180 valence electrons. The Bertz CT molecular complexity index is 1650. The zero-order valence-electron chi connectivity index (χ0n) is 22.1. The minimum Gasteiger partial charge on any atom is -0.456 e. The van der Waals surface area contributed by atoms with Crippen LogP contribution in [0, 0.1) is 17.8 Å². The van der Waals surface area contributed by atoms with E-state index in [1.807, 2.05) is 11.3 Å². The zero-order chi connectivity index (χ0) is 24.9. The van der Waals surface area contributed by atoms with Gasteiger partial charge in [-0.2, -0.15) is 4.57 Å². The van der Waals surface area contributed by atoms with E-state index < -0.39 is 0 Å². The number of benzene rings is 2. The molecule has 0 saturated heterocycles. The van der Waals surface area contributed by atoms with Crippen molar-refractivity contribution in [1.29, 1.82) is 0 Å². The molecule has 5 aromatic rings. The highest BCUT2D eigenvalue weighted by Gasteiger charge is 2.38. The summed E-state index contributed by atoms with van der Waals surface area (Å²) in [7, 11) is 2.14. The normalized spacial score (nSPS) is 13.6. The molecule has 6 rings (SSSR count). The summed E-state index contributed by atoms with van der Waals surface area (Å²) >= 11 is 1.90. The smallest absolute Gasteiger partial charge is 0.231 e. The lowest BCUT2D eigenvalue weighted by Gasteiger charge is -2.26. The van der Waals surface area contributed by atoms with Crippen molar-refractivity contribution in [1.82, 2.24) is 0 Å². The van der Waals surface area contributed by atoms with Gasteiger partial charge < -0.3 is 9.15 Å². The number of thiophene rings is 1. The van der Waals surface area contributed by atoms with E-state index in [0.717, 1.165) is 41.1 Å². The number of pyridine rings is 1. The summed E-state index contributed by atoms with van der Waals surface area (Å²) < 4.78 is 18.4. The van der Waals surface area contributed by atoms with Gasteiger partial charge in [0.2, 0.25) is 5.69 Å². The van der Waals surface area contributed by atoms with Crippen molar-refractivity contribution in [3.63, 3.8) is 0 Å². The number of hydrogen-bond acceptors (Lipinski definition) is 3. The summed E-state index contributed by atoms with van der Waals surface area (Å²) in [5, 5.41) is 3.81. The Labute approximate surface area is 211 Å². The van der Waals surface area contributed by atoms with E-state index in [2.05, 4.69) is 96.6 Å². The highest BCUT2D eigenvalue weighted by molar-refractivity contribution is 7.26. The molecular weight excluding hydrogens is 450 g/mol. The lowest BCUT2D eigenvalue weighted by atomic mass is 9.83. The number of ether oxygens (including phenoxy) is 1. The maximum absolute atomic E-state index is 6.98. The molecular formula is C31H34NO2S+. The van der Waals surface area contributed by atoms with E-state index >= 15 is 0 Å². The molecule has 35 heavy (non-hydrogen) atoms. The van der Waals surface area contributed by atoms with E-state index in [4.69, 9.17) is 9.15 Å². The van der Waals surface area contributed by atoms with Gasteiger partial charge in [0.15, 0.2) is 17.5 Å². The average molecular weight is 485 g/mol. The fourth-order valence-corrected chi connectivity index (χ4v) is 6.93. The summed E-state index contributed by atoms with van der Waals surface area (Å²) in [4.78, 5) is 0. The van der Waals surface area contributed by atoms with E-state index in [-0.39, 0.29) is 10.8 Å². The van der Waals surface area contributed by atoms with Gasteiger partial charge in [0.05, 0.1) is 5.56 Å². The molecule has 0 amide bonds. The van der Waals surface area contributed by atoms with Gasteiger partial charge in [0.1, 0.15) is 23.9 Å². The Kier molecular flexibility index (Phi) is 4.73. The third kappa shape index (κ3) is 3.48. The van der Waals surface area contributed by atoms with Gasteiger partial charge in [-0.25, -0.2) is 0 Å². The van der Waals surface area contributed by atoms with E-state index in [1.165, 1.54) is 42.6 Å². The second-order valence-corrected chi connectivity index (χ2v) is 13.6. The summed E-state index contributed by atoms with van der Waals surface area (Å²) in [6.45, 7) is 16.0. The molecule has 2 aromatic carbocycles. The minimum atomic E-state index is 0.0932. The first kappa shape index (κ1) is 22.6. The standard InChI is InChI=1S/C31H34NO2S/c1-17-23-18-11-9-10-12-22(18)35-29(23)19(15-30(2,3)4)27-24(17)26-25-20(13-14-32(26)8)33-21(28(25)34-27)16-31(5,6)7/h9-14H,15-16H2,1-8H3/q+1. The van der Waals surface area contributed by atoms with Crippen molar-refractivity contribution in [2.24, 2.45) is 17.9 Å². The number of nitrogens with zero attached hydrogens (tertiary/aromatic N) is 1. The van der Waals surface area contributed by atoms with Crippen LogP contribution in [0.1, 0.15) is 58.4 Å². The Balaban J connectivity index is 1.78. The number of rotatable bonds is 2. The monoisotopic (exact) mass is 484 g/mol. The molecule has 4 heteroatoms. The third-order valence-electron chi connectivity index (χ3n) is 6.96. The van der Waals surface area contributed by atoms with E-state index in [9.17, 15) is 0 Å². The number of hydrogen-bond donors (Lipinski definition) is 0. The van der Waals surface area contributed by atoms with Gasteiger partial charge in [0.25, 0.3) is 0 Å². The van der Waals surface area contributed by atoms with E-state index in [1.54, 1.807) is 0 Å². The Morgan fingerprint density at radius 3 is 2.31 bits per heavy atom. The van der Waals surface area contributed by atoms with Crippen LogP contribution in [0.15, 0.2) is 40.9 Å². The molecule has 0 unspecified atom stereocenters. The van der Waals surface area contributed by atoms with Gasteiger partial charge in [-0.1, -0.05) is 59.7 Å². The molecule has 0 spiro atoms. The Hall–Kier alpha value is -2.85. The molecule has 0 saturated carbocycles. The SMILES string of the molecule is Cc1c2c(c(CC(C)(C)C)c3sc4ccccc4c13)Oc1c(CC(C)(C)C)oc3cc[n+](C)c-2c13. The maximum Gasteiger partial charge on any atom is 0.231 e. The van der Waals surface area contributed by atoms with Crippen molar-refractivity contribution in [3.05, 3.63) is 53.4 Å². The van der Waals surface area contributed by atoms with Crippen LogP contribution in [0.3, 0.4) is 0 Å². The molecule has 0 atom stereocenters. The molecule has 3 aromatic heterocycles. The quantitative estimate of drug-likeness (QED) is 0.229. The molecule has 0 fully saturated rings. The molecule has 3 nitrogen and oxygen atoms in total. The van der Waals surface area contributed by atoms with Gasteiger partial charge in [-0.15, -0.1) is 11.3 Å². The van der Waals surface area contributed by atoms with Crippen molar-refractivity contribution < 1.29 is 13.7 Å². The first-order valence-electron chi connectivity index (χ1n) is 12.5. The number of furan rings is 1. The van der Waals surface area contributed by atoms with Crippen LogP contribution in [-0.4, -0.2) is 0 Å². The largest absolute Gasteiger partial charge is 0.456 e. The van der Waals surface area contributed by atoms with Gasteiger partial charge >= 0.3 is 0 Å². The fourth-order valence-electron chi connectivity index (χ4n) is 5.63. The van der Waals surface area contributed by atoms with Crippen molar-refractivity contribution in [2.45, 2.75) is 61.3 Å². The van der Waals surface area contributed by atoms with Crippen molar-refractivity contribution in [2.75, 3.05) is 0 Å². The molecule has 0 radical (unpaired) electrons. The molecule has 1 aliphatic rings. The predicted octanol–water partition coefficient (Wildman–Crippen LogP) is 8.88. The number of aromatic nitrogens is 1. The van der Waals surface area contributed by atoms with Crippen LogP contribution in [0.5, 0.6) is 11.5 Å². The summed E-state index contributed by atoms with van der Waals surface area (Å²) in [5.41, 5.74) is 6.14. The van der Waals surface area contributed by atoms with Crippen LogP contribution >= 0.6 is 11.3 Å². The van der Waals surface area contributed by atoms with Gasteiger partial charge in [-0.3, -0.25) is 0 Å². The van der Waals surface area contributed by atoms with Crippen molar-refractivity contribution >= 4 is 42.5 Å². The maximum atomic E-state index is 6.98. The average Bonchev–Trinajstić information content (AvgIpc) is 3.30. The minimum absolute atomic E-state index is 0.0932. The van der Waals surface area contributed by atoms with Crippen LogP contribution in [0.4, 0.5) is 0 Å². The van der Waals surface area contributed by atoms with Crippen LogP contribution in [0.25, 0.3) is 42.4 Å². The molecule has 4 heterocycles. The third-order valence-corrected chi connectivity index (χ3v) is 8.19. The lowest BCUT2D eigenvalue weighted by molar-refractivity contribution is -0.659. The predicted molar refractivity (Wildman–Crippen MR) is 147 cm³/mol. The molecule has 0 bridgehead atoms. The van der Waals surface area contributed by atoms with E-state index in [0.29, 0.717) is 0 Å². The van der Waals surface area contributed by atoms with Crippen LogP contribution in [0.2, 0.25) is 0 Å². The Morgan fingerprint density at radius 2 is 1.60 bits per heavy atom. The molecule has 1 aliphatic heterocycles. The Morgan fingerprint density at radius 1 is 0.886 bits per heavy atom. The molecule has 0 N–H and O–H groups in total. The number of aryl methyl sites for hydroxylation is 2. The fraction of sp³-hybridized carbons (Fsp3) is 0.387. The van der Waals surface area contributed by atoms with Gasteiger partial charge in [-0.05, 0) is 35.8 Å². The first-order chi connectivity index (χ1) is 16.4. The van der Waals surface area contributed by atoms with Crippen LogP contribution < -0.4 is 9.30 Å². The topological polar surface area (TPSA) is 26.2 Å².